The average Bonchev–Trinajstić information content (AvgIpc) is 2.80. The van der Waals surface area contributed by atoms with Crippen molar-refractivity contribution >= 4 is 23.2 Å². The Balaban J connectivity index is 2.35. The molecule has 0 saturated heterocycles. The molecule has 1 heterocycles. The molecule has 1 N–H and O–H groups in total. The van der Waals surface area contributed by atoms with E-state index in [1.165, 1.54) is 11.3 Å². The third-order valence-corrected chi connectivity index (χ3v) is 3.31. The van der Waals surface area contributed by atoms with Crippen LogP contribution in [0.3, 0.4) is 0 Å². The maximum absolute atomic E-state index is 11.7. The molecule has 4 nitrogen and oxygen atoms in total. The molecule has 0 bridgehead atoms. The van der Waals surface area contributed by atoms with Crippen LogP contribution < -0.4 is 5.32 Å². The van der Waals surface area contributed by atoms with E-state index in [0.29, 0.717) is 23.9 Å². The van der Waals surface area contributed by atoms with Crippen LogP contribution in [0.2, 0.25) is 0 Å². The van der Waals surface area contributed by atoms with Gasteiger partial charge in [-0.3, -0.25) is 9.59 Å². The molecule has 100 valence electrons. The van der Waals surface area contributed by atoms with Crippen LogP contribution in [-0.2, 0) is 4.79 Å². The number of amides is 2. The first kappa shape index (κ1) is 14.7. The molecule has 0 fully saturated rings. The molecule has 2 amide bonds. The van der Waals surface area contributed by atoms with Gasteiger partial charge >= 0.3 is 0 Å². The van der Waals surface area contributed by atoms with Crippen LogP contribution in [0.5, 0.6) is 0 Å². The highest BCUT2D eigenvalue weighted by atomic mass is 32.1. The van der Waals surface area contributed by atoms with E-state index in [0.717, 1.165) is 6.54 Å². The van der Waals surface area contributed by atoms with E-state index in [1.54, 1.807) is 17.9 Å². The van der Waals surface area contributed by atoms with Crippen LogP contribution in [-0.4, -0.2) is 36.3 Å². The summed E-state index contributed by atoms with van der Waals surface area (Å²) in [7, 11) is 0. The summed E-state index contributed by atoms with van der Waals surface area (Å²) >= 11 is 1.41. The van der Waals surface area contributed by atoms with Gasteiger partial charge in [0, 0.05) is 26.6 Å². The molecule has 0 atom stereocenters. The van der Waals surface area contributed by atoms with Crippen molar-refractivity contribution in [2.24, 2.45) is 5.92 Å². The Hall–Kier alpha value is -1.36. The Morgan fingerprint density at radius 2 is 2.17 bits per heavy atom. The van der Waals surface area contributed by atoms with Crippen molar-refractivity contribution in [3.05, 3.63) is 22.4 Å². The van der Waals surface area contributed by atoms with Gasteiger partial charge in [-0.2, -0.15) is 0 Å². The van der Waals surface area contributed by atoms with Crippen molar-refractivity contribution in [3.63, 3.8) is 0 Å². The van der Waals surface area contributed by atoms with E-state index in [2.05, 4.69) is 19.2 Å². The summed E-state index contributed by atoms with van der Waals surface area (Å²) < 4.78 is 0. The molecule has 18 heavy (non-hydrogen) atoms. The molecule has 0 saturated carbocycles. The summed E-state index contributed by atoms with van der Waals surface area (Å²) in [6.45, 7) is 7.47. The van der Waals surface area contributed by atoms with Gasteiger partial charge in [-0.05, 0) is 17.4 Å². The smallest absolute Gasteiger partial charge is 0.261 e. The van der Waals surface area contributed by atoms with E-state index in [-0.39, 0.29) is 11.8 Å². The molecule has 0 aliphatic carbocycles. The van der Waals surface area contributed by atoms with Gasteiger partial charge in [0.1, 0.15) is 0 Å². The van der Waals surface area contributed by atoms with Crippen molar-refractivity contribution in [2.45, 2.75) is 20.8 Å². The van der Waals surface area contributed by atoms with Crippen molar-refractivity contribution in [1.82, 2.24) is 10.2 Å². The summed E-state index contributed by atoms with van der Waals surface area (Å²) in [5, 5.41) is 4.69. The van der Waals surface area contributed by atoms with Gasteiger partial charge in [0.2, 0.25) is 5.91 Å². The lowest BCUT2D eigenvalue weighted by Gasteiger charge is -2.23. The zero-order chi connectivity index (χ0) is 13.5. The number of thiophene rings is 1. The zero-order valence-corrected chi connectivity index (χ0v) is 11.9. The standard InChI is InChI=1S/C13H20N2O2S/c1-10(2)9-15(11(3)16)7-6-14-13(17)12-5-4-8-18-12/h4-5,8,10H,6-7,9H2,1-3H3,(H,14,17). The fourth-order valence-corrected chi connectivity index (χ4v) is 2.26. The number of carbonyl (C=O) groups excluding carboxylic acids is 2. The lowest BCUT2D eigenvalue weighted by molar-refractivity contribution is -0.129. The molecule has 1 rings (SSSR count). The highest BCUT2D eigenvalue weighted by molar-refractivity contribution is 7.12. The number of hydrogen-bond donors (Lipinski definition) is 1. The molecule has 1 aromatic rings. The fraction of sp³-hybridized carbons (Fsp3) is 0.538. The Bertz CT molecular complexity index is 388. The quantitative estimate of drug-likeness (QED) is 0.857. The molecular formula is C13H20N2O2S. The molecule has 1 aromatic heterocycles. The fourth-order valence-electron chi connectivity index (χ4n) is 1.62. The minimum absolute atomic E-state index is 0.0501. The average molecular weight is 268 g/mol. The van der Waals surface area contributed by atoms with Gasteiger partial charge in [0.25, 0.3) is 5.91 Å². The normalized spacial score (nSPS) is 10.4. The van der Waals surface area contributed by atoms with Crippen molar-refractivity contribution in [3.8, 4) is 0 Å². The molecule has 0 radical (unpaired) electrons. The van der Waals surface area contributed by atoms with Crippen molar-refractivity contribution in [2.75, 3.05) is 19.6 Å². The van der Waals surface area contributed by atoms with Gasteiger partial charge in [0.05, 0.1) is 4.88 Å². The summed E-state index contributed by atoms with van der Waals surface area (Å²) in [5.74, 6) is 0.411. The second-order valence-electron chi connectivity index (χ2n) is 4.59. The lowest BCUT2D eigenvalue weighted by Crippen LogP contribution is -2.39. The second kappa shape index (κ2) is 7.16. The first-order valence-electron chi connectivity index (χ1n) is 6.08. The molecule has 0 spiro atoms. The van der Waals surface area contributed by atoms with Crippen LogP contribution in [0.25, 0.3) is 0 Å². The van der Waals surface area contributed by atoms with Crippen LogP contribution >= 0.6 is 11.3 Å². The van der Waals surface area contributed by atoms with Gasteiger partial charge in [-0.25, -0.2) is 0 Å². The Kier molecular flexibility index (Phi) is 5.85. The van der Waals surface area contributed by atoms with Gasteiger partial charge in [-0.15, -0.1) is 11.3 Å². The van der Waals surface area contributed by atoms with Crippen LogP contribution in [0.15, 0.2) is 17.5 Å². The predicted molar refractivity (Wildman–Crippen MR) is 73.7 cm³/mol. The highest BCUT2D eigenvalue weighted by Crippen LogP contribution is 2.07. The Morgan fingerprint density at radius 3 is 2.67 bits per heavy atom. The predicted octanol–water partition coefficient (Wildman–Crippen LogP) is 1.98. The van der Waals surface area contributed by atoms with Gasteiger partial charge in [0.15, 0.2) is 0 Å². The van der Waals surface area contributed by atoms with Crippen molar-refractivity contribution < 1.29 is 9.59 Å². The molecule has 5 heteroatoms. The first-order valence-corrected chi connectivity index (χ1v) is 6.96. The van der Waals surface area contributed by atoms with Gasteiger partial charge in [-0.1, -0.05) is 19.9 Å². The van der Waals surface area contributed by atoms with E-state index in [9.17, 15) is 9.59 Å². The van der Waals surface area contributed by atoms with Crippen LogP contribution in [0.4, 0.5) is 0 Å². The van der Waals surface area contributed by atoms with E-state index < -0.39 is 0 Å². The number of hydrogen-bond acceptors (Lipinski definition) is 3. The molecule has 0 aromatic carbocycles. The topological polar surface area (TPSA) is 49.4 Å². The largest absolute Gasteiger partial charge is 0.350 e. The van der Waals surface area contributed by atoms with E-state index >= 15 is 0 Å². The molecular weight excluding hydrogens is 248 g/mol. The third kappa shape index (κ3) is 4.87. The van der Waals surface area contributed by atoms with Crippen LogP contribution in [0, 0.1) is 5.92 Å². The third-order valence-electron chi connectivity index (χ3n) is 2.44. The summed E-state index contributed by atoms with van der Waals surface area (Å²) in [5.41, 5.74) is 0. The number of nitrogens with zero attached hydrogens (tertiary/aromatic N) is 1. The second-order valence-corrected chi connectivity index (χ2v) is 5.54. The monoisotopic (exact) mass is 268 g/mol. The van der Waals surface area contributed by atoms with Crippen molar-refractivity contribution in [1.29, 1.82) is 0 Å². The zero-order valence-electron chi connectivity index (χ0n) is 11.1. The molecule has 0 unspecified atom stereocenters. The summed E-state index contributed by atoms with van der Waals surface area (Å²) in [4.78, 5) is 25.5. The minimum Gasteiger partial charge on any atom is -0.350 e. The van der Waals surface area contributed by atoms with E-state index in [4.69, 9.17) is 0 Å². The van der Waals surface area contributed by atoms with E-state index in [1.807, 2.05) is 11.4 Å². The van der Waals surface area contributed by atoms with Gasteiger partial charge < -0.3 is 10.2 Å². The molecule has 0 aliphatic rings. The Morgan fingerprint density at radius 1 is 1.44 bits per heavy atom. The molecule has 0 aliphatic heterocycles. The number of carbonyl (C=O) groups is 2. The maximum Gasteiger partial charge on any atom is 0.261 e. The van der Waals surface area contributed by atoms with Crippen LogP contribution in [0.1, 0.15) is 30.4 Å². The SMILES string of the molecule is CC(=O)N(CCNC(=O)c1cccs1)CC(C)C. The highest BCUT2D eigenvalue weighted by Gasteiger charge is 2.11. The minimum atomic E-state index is -0.0713. The maximum atomic E-state index is 11.7. The first-order chi connectivity index (χ1) is 8.50. The number of nitrogens with one attached hydrogen (secondary N) is 1. The lowest BCUT2D eigenvalue weighted by atomic mass is 10.2. The summed E-state index contributed by atoms with van der Waals surface area (Å²) in [6, 6.07) is 3.64. The Labute approximate surface area is 112 Å². The summed E-state index contributed by atoms with van der Waals surface area (Å²) in [6.07, 6.45) is 0. The number of rotatable bonds is 6.